The quantitative estimate of drug-likeness (QED) is 0.0324. The van der Waals surface area contributed by atoms with Gasteiger partial charge in [0.05, 0.1) is 64.0 Å². The molecule has 1 amide bonds. The molecule has 0 aliphatic carbocycles. The molecule has 1 aliphatic heterocycles. The van der Waals surface area contributed by atoms with E-state index in [1.54, 1.807) is 32.5 Å². The zero-order valence-electron chi connectivity index (χ0n) is 40.8. The summed E-state index contributed by atoms with van der Waals surface area (Å²) in [6.45, 7) is 10.1. The van der Waals surface area contributed by atoms with Crippen molar-refractivity contribution in [3.8, 4) is 40.8 Å². The molecule has 7 rings (SSSR count). The summed E-state index contributed by atoms with van der Waals surface area (Å²) in [5.74, 6) is 6.61. The largest absolute Gasteiger partial charge is 0.497 e. The van der Waals surface area contributed by atoms with Crippen molar-refractivity contribution in [3.05, 3.63) is 176 Å². The molecule has 1 aliphatic rings. The maximum absolute atomic E-state index is 13.7. The van der Waals surface area contributed by atoms with Gasteiger partial charge in [0.1, 0.15) is 35.0 Å². The van der Waals surface area contributed by atoms with E-state index in [9.17, 15) is 19.6 Å². The van der Waals surface area contributed by atoms with Crippen LogP contribution in [0.15, 0.2) is 131 Å². The molecule has 3 aromatic carbocycles. The van der Waals surface area contributed by atoms with Crippen LogP contribution in [-0.4, -0.2) is 88.4 Å². The Morgan fingerprint density at radius 2 is 1.52 bits per heavy atom. The molecule has 3 aromatic heterocycles. The average molecular weight is 980 g/mol. The second kappa shape index (κ2) is 24.2. The summed E-state index contributed by atoms with van der Waals surface area (Å²) in [7, 11) is 1.44. The molecule has 6 aromatic rings. The highest BCUT2D eigenvalue weighted by molar-refractivity contribution is 7.44. The molecule has 17 heteroatoms. The smallest absolute Gasteiger partial charge is 0.330 e. The minimum absolute atomic E-state index is 0.00212. The van der Waals surface area contributed by atoms with Gasteiger partial charge in [-0.25, -0.2) is 9.46 Å². The molecule has 16 nitrogen and oxygen atoms in total. The van der Waals surface area contributed by atoms with Crippen LogP contribution in [0.2, 0.25) is 0 Å². The van der Waals surface area contributed by atoms with Gasteiger partial charge in [0, 0.05) is 42.7 Å². The zero-order chi connectivity index (χ0) is 50.5. The number of aryl methyl sites for hydroxylation is 1. The molecule has 0 bridgehead atoms. The molecule has 368 valence electrons. The number of ether oxygens (including phenoxy) is 4. The number of aromatic amines is 1. The van der Waals surface area contributed by atoms with E-state index in [0.29, 0.717) is 28.5 Å². The van der Waals surface area contributed by atoms with Gasteiger partial charge in [-0.15, -0.1) is 0 Å². The lowest BCUT2D eigenvalue weighted by molar-refractivity contribution is -0.0925. The number of pyridine rings is 2. The van der Waals surface area contributed by atoms with Gasteiger partial charge < -0.3 is 33.3 Å². The van der Waals surface area contributed by atoms with E-state index < -0.39 is 49.7 Å². The minimum Gasteiger partial charge on any atom is -0.497 e. The molecule has 4 heterocycles. The van der Waals surface area contributed by atoms with Crippen LogP contribution < -0.4 is 26.0 Å². The first-order valence-corrected chi connectivity index (χ1v) is 24.4. The van der Waals surface area contributed by atoms with Crippen LogP contribution in [0.1, 0.15) is 84.9 Å². The van der Waals surface area contributed by atoms with Gasteiger partial charge in [0.15, 0.2) is 0 Å². The SMILES string of the molecule is COc1ccc(C(OC[C@H]2O[C@@H](n3cc(C#CCNC(=O)c4ccnc(-c5cc(C)ccn5)c4)c(=O)[nH]c3=O)C[C@@H]2OP(OCCC#N)N(C(C)C)C(C)C)(c2ccccc2)c2ccc(OC)cc2)cc1. The van der Waals surface area contributed by atoms with Crippen molar-refractivity contribution in [2.24, 2.45) is 0 Å². The predicted octanol–water partition coefficient (Wildman–Crippen LogP) is 8.06. The fraction of sp³-hybridized carbons (Fsp3) is 0.333. The van der Waals surface area contributed by atoms with Crippen LogP contribution >= 0.6 is 8.53 Å². The van der Waals surface area contributed by atoms with Gasteiger partial charge in [-0.3, -0.25) is 29.1 Å². The highest BCUT2D eigenvalue weighted by atomic mass is 31.2. The van der Waals surface area contributed by atoms with E-state index in [-0.39, 0.29) is 50.2 Å². The van der Waals surface area contributed by atoms with Gasteiger partial charge in [0.25, 0.3) is 20.0 Å². The third-order valence-corrected chi connectivity index (χ3v) is 13.9. The van der Waals surface area contributed by atoms with Gasteiger partial charge in [-0.05, 0) is 105 Å². The van der Waals surface area contributed by atoms with E-state index in [2.05, 4.69) is 42.8 Å². The summed E-state index contributed by atoms with van der Waals surface area (Å²) in [5.41, 5.74) is 2.32. The first-order chi connectivity index (χ1) is 34.3. The lowest BCUT2D eigenvalue weighted by atomic mass is 9.80. The maximum atomic E-state index is 13.7. The summed E-state index contributed by atoms with van der Waals surface area (Å²) < 4.78 is 42.0. The number of carbonyl (C=O) groups excluding carboxylic acids is 1. The number of hydrogen-bond acceptors (Lipinski definition) is 13. The van der Waals surface area contributed by atoms with Crippen LogP contribution in [0.25, 0.3) is 11.4 Å². The first-order valence-electron chi connectivity index (χ1n) is 23.3. The van der Waals surface area contributed by atoms with Crippen molar-refractivity contribution < 1.29 is 32.8 Å². The number of aromatic nitrogens is 4. The normalized spacial score (nSPS) is 16.0. The van der Waals surface area contributed by atoms with Gasteiger partial charge in [-0.1, -0.05) is 66.4 Å². The van der Waals surface area contributed by atoms with Crippen LogP contribution in [0.3, 0.4) is 0 Å². The predicted molar refractivity (Wildman–Crippen MR) is 270 cm³/mol. The van der Waals surface area contributed by atoms with Crippen molar-refractivity contribution in [2.75, 3.05) is 34.0 Å². The van der Waals surface area contributed by atoms with Gasteiger partial charge in [-0.2, -0.15) is 5.26 Å². The molecular formula is C54H58N7O9P. The molecule has 2 N–H and O–H groups in total. The minimum atomic E-state index is -1.78. The van der Waals surface area contributed by atoms with Crippen LogP contribution in [-0.2, 0) is 24.1 Å². The second-order valence-corrected chi connectivity index (χ2v) is 18.6. The topological polar surface area (TPSA) is 192 Å². The Bertz CT molecular complexity index is 2910. The standard InChI is InChI=1S/C54H58N7O9P/c1-36(2)61(37(3)4)71(68-30-12-26-55)70-48-33-50(60-34-40(52(63)59-53(60)64)13-11-27-58-51(62)39-25-29-57-47(32-39)46-31-38(5)24-28-56-46)69-49(48)35-67-54(41-14-9-8-10-15-41,42-16-20-44(65-6)21-17-42)43-18-22-45(66-7)23-19-43/h8-10,14-25,28-29,31-32,34,36-37,48-50H,12,27,30,33,35H2,1-7H3,(H,58,62)(H,59,63,64)/t48-,49+,50+,71?/m0/s1. The number of amides is 1. The fourth-order valence-corrected chi connectivity index (χ4v) is 10.1. The Morgan fingerprint density at radius 1 is 0.901 bits per heavy atom. The number of nitrogens with zero attached hydrogens (tertiary/aromatic N) is 5. The summed E-state index contributed by atoms with van der Waals surface area (Å²) >= 11 is 0. The molecule has 1 saturated heterocycles. The number of rotatable bonds is 20. The molecule has 0 spiro atoms. The molecule has 4 atom stereocenters. The Labute approximate surface area is 414 Å². The molecule has 1 unspecified atom stereocenters. The van der Waals surface area contributed by atoms with E-state index in [1.165, 1.54) is 17.0 Å². The molecule has 0 radical (unpaired) electrons. The fourth-order valence-electron chi connectivity index (χ4n) is 8.37. The van der Waals surface area contributed by atoms with E-state index in [1.807, 2.05) is 126 Å². The Kier molecular flexibility index (Phi) is 17.7. The van der Waals surface area contributed by atoms with Crippen LogP contribution in [0.5, 0.6) is 11.5 Å². The first kappa shape index (κ1) is 51.8. The highest BCUT2D eigenvalue weighted by Crippen LogP contribution is 2.50. The number of carbonyl (C=O) groups is 1. The highest BCUT2D eigenvalue weighted by Gasteiger charge is 2.45. The average Bonchev–Trinajstić information content (AvgIpc) is 3.78. The maximum Gasteiger partial charge on any atom is 0.330 e. The monoisotopic (exact) mass is 979 g/mol. The van der Waals surface area contributed by atoms with Crippen LogP contribution in [0.4, 0.5) is 0 Å². The summed E-state index contributed by atoms with van der Waals surface area (Å²) in [6, 6.07) is 34.3. The molecular weight excluding hydrogens is 922 g/mol. The number of H-pyrrole nitrogens is 1. The number of nitriles is 1. The van der Waals surface area contributed by atoms with Crippen molar-refractivity contribution in [2.45, 2.75) is 83.6 Å². The summed E-state index contributed by atoms with van der Waals surface area (Å²) in [5, 5.41) is 12.2. The van der Waals surface area contributed by atoms with E-state index >= 15 is 0 Å². The van der Waals surface area contributed by atoms with E-state index in [0.717, 1.165) is 22.3 Å². The number of benzene rings is 3. The Balaban J connectivity index is 1.21. The van der Waals surface area contributed by atoms with Crippen molar-refractivity contribution in [1.82, 2.24) is 29.5 Å². The molecule has 0 saturated carbocycles. The number of hydrogen-bond donors (Lipinski definition) is 2. The zero-order valence-corrected chi connectivity index (χ0v) is 41.7. The van der Waals surface area contributed by atoms with Crippen molar-refractivity contribution in [3.63, 3.8) is 0 Å². The Hall–Kier alpha value is -7.01. The Morgan fingerprint density at radius 3 is 2.13 bits per heavy atom. The third-order valence-electron chi connectivity index (χ3n) is 11.7. The van der Waals surface area contributed by atoms with Gasteiger partial charge >= 0.3 is 5.69 Å². The lowest BCUT2D eigenvalue weighted by Gasteiger charge is -2.39. The van der Waals surface area contributed by atoms with Gasteiger partial charge in [0.2, 0.25) is 0 Å². The van der Waals surface area contributed by atoms with Crippen molar-refractivity contribution >= 4 is 14.4 Å². The molecule has 1 fully saturated rings. The second-order valence-electron chi connectivity index (χ2n) is 17.2. The van der Waals surface area contributed by atoms with Crippen molar-refractivity contribution in [1.29, 1.82) is 5.26 Å². The summed E-state index contributed by atoms with van der Waals surface area (Å²) in [6.07, 6.45) is 2.37. The van der Waals surface area contributed by atoms with Crippen LogP contribution in [0, 0.1) is 30.1 Å². The van der Waals surface area contributed by atoms with E-state index in [4.69, 9.17) is 28.0 Å². The molecule has 71 heavy (non-hydrogen) atoms. The third kappa shape index (κ3) is 12.5. The number of methoxy groups -OCH3 is 2. The number of nitrogens with one attached hydrogen (secondary N) is 2. The lowest BCUT2D eigenvalue weighted by Crippen LogP contribution is -2.39. The summed E-state index contributed by atoms with van der Waals surface area (Å²) in [4.78, 5) is 51.3.